The Morgan fingerprint density at radius 3 is 2.37 bits per heavy atom. The third kappa shape index (κ3) is 4.80. The predicted octanol–water partition coefficient (Wildman–Crippen LogP) is 3.36. The van der Waals surface area contributed by atoms with Crippen LogP contribution in [0.15, 0.2) is 42.5 Å². The lowest BCUT2D eigenvalue weighted by Gasteiger charge is -2.35. The van der Waals surface area contributed by atoms with E-state index in [1.165, 1.54) is 5.56 Å². The molecule has 5 nitrogen and oxygen atoms in total. The van der Waals surface area contributed by atoms with Crippen LogP contribution < -0.4 is 9.47 Å². The van der Waals surface area contributed by atoms with Crippen LogP contribution in [0.2, 0.25) is 0 Å². The maximum absolute atomic E-state index is 12.9. The van der Waals surface area contributed by atoms with Crippen molar-refractivity contribution in [2.75, 3.05) is 39.9 Å². The molecule has 0 bridgehead atoms. The van der Waals surface area contributed by atoms with Crippen LogP contribution >= 0.6 is 0 Å². The van der Waals surface area contributed by atoms with E-state index in [-0.39, 0.29) is 5.91 Å². The van der Waals surface area contributed by atoms with Gasteiger partial charge in [0.05, 0.1) is 19.3 Å². The van der Waals surface area contributed by atoms with E-state index in [0.717, 1.165) is 44.0 Å². The Labute approximate surface area is 161 Å². The van der Waals surface area contributed by atoms with E-state index >= 15 is 0 Å². The van der Waals surface area contributed by atoms with Gasteiger partial charge in [0.15, 0.2) is 0 Å². The maximum atomic E-state index is 12.9. The van der Waals surface area contributed by atoms with Gasteiger partial charge in [-0.25, -0.2) is 0 Å². The molecule has 1 fully saturated rings. The van der Waals surface area contributed by atoms with Crippen LogP contribution in [-0.2, 0) is 6.54 Å². The molecular formula is C22H28N2O3. The number of rotatable bonds is 6. The molecule has 0 atom stereocenters. The average molecular weight is 368 g/mol. The lowest BCUT2D eigenvalue weighted by molar-refractivity contribution is 0.0625. The number of amides is 1. The smallest absolute Gasteiger partial charge is 0.257 e. The highest BCUT2D eigenvalue weighted by atomic mass is 16.5. The SMILES string of the molecule is CCOc1ccc(CN2CCN(C(=O)c3cc(C)ccc3OC)CC2)cc1. The fraction of sp³-hybridized carbons (Fsp3) is 0.409. The standard InChI is InChI=1S/C22H28N2O3/c1-4-27-19-8-6-18(7-9-19)16-23-11-13-24(14-12-23)22(25)20-15-17(2)5-10-21(20)26-3/h5-10,15H,4,11-14,16H2,1-3H3. The van der Waals surface area contributed by atoms with Crippen molar-refractivity contribution in [3.8, 4) is 11.5 Å². The first-order valence-electron chi connectivity index (χ1n) is 9.48. The maximum Gasteiger partial charge on any atom is 0.257 e. The molecule has 0 N–H and O–H groups in total. The Morgan fingerprint density at radius 1 is 1.04 bits per heavy atom. The van der Waals surface area contributed by atoms with Gasteiger partial charge in [-0.2, -0.15) is 0 Å². The number of piperazine rings is 1. The number of carbonyl (C=O) groups is 1. The molecule has 1 saturated heterocycles. The van der Waals surface area contributed by atoms with Gasteiger partial charge in [0.2, 0.25) is 0 Å². The molecule has 0 saturated carbocycles. The van der Waals surface area contributed by atoms with Gasteiger partial charge in [-0.1, -0.05) is 23.8 Å². The van der Waals surface area contributed by atoms with Crippen LogP contribution in [0, 0.1) is 6.92 Å². The molecular weight excluding hydrogens is 340 g/mol. The molecule has 0 aromatic heterocycles. The molecule has 0 unspecified atom stereocenters. The minimum Gasteiger partial charge on any atom is -0.496 e. The fourth-order valence-electron chi connectivity index (χ4n) is 3.38. The quantitative estimate of drug-likeness (QED) is 0.784. The van der Waals surface area contributed by atoms with E-state index in [4.69, 9.17) is 9.47 Å². The monoisotopic (exact) mass is 368 g/mol. The Kier molecular flexibility index (Phi) is 6.35. The summed E-state index contributed by atoms with van der Waals surface area (Å²) in [6.07, 6.45) is 0. The molecule has 0 spiro atoms. The third-order valence-corrected chi connectivity index (χ3v) is 4.89. The lowest BCUT2D eigenvalue weighted by atomic mass is 10.1. The van der Waals surface area contributed by atoms with Gasteiger partial charge in [0.25, 0.3) is 5.91 Å². The minimum atomic E-state index is 0.0521. The van der Waals surface area contributed by atoms with Crippen LogP contribution in [0.5, 0.6) is 11.5 Å². The Morgan fingerprint density at radius 2 is 1.74 bits per heavy atom. The summed E-state index contributed by atoms with van der Waals surface area (Å²) in [5.41, 5.74) is 2.98. The van der Waals surface area contributed by atoms with E-state index in [1.807, 2.05) is 49.1 Å². The number of benzene rings is 2. The van der Waals surface area contributed by atoms with Gasteiger partial charge in [0.1, 0.15) is 11.5 Å². The van der Waals surface area contributed by atoms with Crippen molar-refractivity contribution in [3.63, 3.8) is 0 Å². The molecule has 5 heteroatoms. The van der Waals surface area contributed by atoms with Gasteiger partial charge in [-0.15, -0.1) is 0 Å². The van der Waals surface area contributed by atoms with Gasteiger partial charge in [-0.05, 0) is 43.7 Å². The van der Waals surface area contributed by atoms with Crippen LogP contribution in [0.1, 0.15) is 28.4 Å². The van der Waals surface area contributed by atoms with Crippen molar-refractivity contribution in [2.24, 2.45) is 0 Å². The van der Waals surface area contributed by atoms with Gasteiger partial charge >= 0.3 is 0 Å². The highest BCUT2D eigenvalue weighted by molar-refractivity contribution is 5.97. The molecule has 1 amide bonds. The number of hydrogen-bond acceptors (Lipinski definition) is 4. The van der Waals surface area contributed by atoms with Gasteiger partial charge in [-0.3, -0.25) is 9.69 Å². The van der Waals surface area contributed by atoms with Crippen LogP contribution in [0.4, 0.5) is 0 Å². The highest BCUT2D eigenvalue weighted by Crippen LogP contribution is 2.22. The number of nitrogens with zero attached hydrogens (tertiary/aromatic N) is 2. The molecule has 1 heterocycles. The molecule has 1 aliphatic heterocycles. The zero-order chi connectivity index (χ0) is 19.2. The summed E-state index contributed by atoms with van der Waals surface area (Å²) < 4.78 is 10.9. The van der Waals surface area contributed by atoms with Crippen molar-refractivity contribution in [3.05, 3.63) is 59.2 Å². The summed E-state index contributed by atoms with van der Waals surface area (Å²) in [5, 5.41) is 0. The molecule has 2 aromatic carbocycles. The Balaban J connectivity index is 1.57. The Hall–Kier alpha value is -2.53. The van der Waals surface area contributed by atoms with Crippen LogP contribution in [0.25, 0.3) is 0 Å². The minimum absolute atomic E-state index is 0.0521. The average Bonchev–Trinajstić information content (AvgIpc) is 2.70. The summed E-state index contributed by atoms with van der Waals surface area (Å²) in [6.45, 7) is 8.75. The van der Waals surface area contributed by atoms with Crippen molar-refractivity contribution in [1.82, 2.24) is 9.80 Å². The zero-order valence-electron chi connectivity index (χ0n) is 16.4. The highest BCUT2D eigenvalue weighted by Gasteiger charge is 2.24. The molecule has 3 rings (SSSR count). The number of hydrogen-bond donors (Lipinski definition) is 0. The van der Waals surface area contributed by atoms with Crippen molar-refractivity contribution in [1.29, 1.82) is 0 Å². The van der Waals surface area contributed by atoms with E-state index < -0.39 is 0 Å². The molecule has 2 aromatic rings. The second kappa shape index (κ2) is 8.91. The van der Waals surface area contributed by atoms with Crippen LogP contribution in [-0.4, -0.2) is 55.6 Å². The van der Waals surface area contributed by atoms with Crippen molar-refractivity contribution < 1.29 is 14.3 Å². The first-order chi connectivity index (χ1) is 13.1. The summed E-state index contributed by atoms with van der Waals surface area (Å²) >= 11 is 0. The van der Waals surface area contributed by atoms with E-state index in [9.17, 15) is 4.79 Å². The molecule has 144 valence electrons. The van der Waals surface area contributed by atoms with E-state index in [0.29, 0.717) is 17.9 Å². The van der Waals surface area contributed by atoms with Gasteiger partial charge < -0.3 is 14.4 Å². The summed E-state index contributed by atoms with van der Waals surface area (Å²) in [6, 6.07) is 14.0. The van der Waals surface area contributed by atoms with Crippen molar-refractivity contribution >= 4 is 5.91 Å². The van der Waals surface area contributed by atoms with Gasteiger partial charge in [0, 0.05) is 32.7 Å². The van der Waals surface area contributed by atoms with Crippen molar-refractivity contribution in [2.45, 2.75) is 20.4 Å². The normalized spacial score (nSPS) is 14.9. The Bertz CT molecular complexity index is 766. The predicted molar refractivity (Wildman–Crippen MR) is 107 cm³/mol. The first kappa shape index (κ1) is 19.2. The van der Waals surface area contributed by atoms with Crippen LogP contribution in [0.3, 0.4) is 0 Å². The largest absolute Gasteiger partial charge is 0.496 e. The molecule has 1 aliphatic rings. The number of aryl methyl sites for hydroxylation is 1. The summed E-state index contributed by atoms with van der Waals surface area (Å²) in [4.78, 5) is 17.2. The first-order valence-corrected chi connectivity index (χ1v) is 9.48. The molecule has 0 aliphatic carbocycles. The number of methoxy groups -OCH3 is 1. The number of ether oxygens (including phenoxy) is 2. The van der Waals surface area contributed by atoms with E-state index in [2.05, 4.69) is 17.0 Å². The van der Waals surface area contributed by atoms with E-state index in [1.54, 1.807) is 7.11 Å². The third-order valence-electron chi connectivity index (χ3n) is 4.89. The second-order valence-corrected chi connectivity index (χ2v) is 6.85. The summed E-state index contributed by atoms with van der Waals surface area (Å²) in [5.74, 6) is 1.60. The number of carbonyl (C=O) groups excluding carboxylic acids is 1. The molecule has 0 radical (unpaired) electrons. The zero-order valence-corrected chi connectivity index (χ0v) is 16.4. The topological polar surface area (TPSA) is 42.0 Å². The second-order valence-electron chi connectivity index (χ2n) is 6.85. The lowest BCUT2D eigenvalue weighted by Crippen LogP contribution is -2.48. The fourth-order valence-corrected chi connectivity index (χ4v) is 3.38. The summed E-state index contributed by atoms with van der Waals surface area (Å²) in [7, 11) is 1.61. The molecule has 27 heavy (non-hydrogen) atoms.